The number of carbonyl (C=O) groups is 1. The smallest absolute Gasteiger partial charge is 0.230 e. The Morgan fingerprint density at radius 1 is 1.00 bits per heavy atom. The SMILES string of the molecule is O=C(C1CCc2ccccc21)N1CCC(Nc2ccccc2)[C@@]2(O)CCCC[C@H]12. The van der Waals surface area contributed by atoms with Gasteiger partial charge < -0.3 is 15.3 Å². The van der Waals surface area contributed by atoms with Crippen molar-refractivity contribution in [3.05, 3.63) is 65.7 Å². The molecule has 4 heteroatoms. The molecule has 2 aromatic carbocycles. The lowest BCUT2D eigenvalue weighted by molar-refractivity contribution is -0.155. The van der Waals surface area contributed by atoms with Crippen LogP contribution < -0.4 is 5.32 Å². The molecule has 2 aliphatic carbocycles. The number of para-hydroxylation sites is 1. The minimum absolute atomic E-state index is 0.0184. The molecule has 0 bridgehead atoms. The first-order chi connectivity index (χ1) is 14.2. The van der Waals surface area contributed by atoms with E-state index >= 15 is 0 Å². The van der Waals surface area contributed by atoms with Gasteiger partial charge in [-0.05, 0) is 55.4 Å². The van der Waals surface area contributed by atoms with Gasteiger partial charge in [0.1, 0.15) is 5.60 Å². The first kappa shape index (κ1) is 18.7. The maximum atomic E-state index is 13.6. The van der Waals surface area contributed by atoms with Crippen molar-refractivity contribution < 1.29 is 9.90 Å². The number of benzene rings is 2. The van der Waals surface area contributed by atoms with E-state index in [0.29, 0.717) is 0 Å². The summed E-state index contributed by atoms with van der Waals surface area (Å²) in [5.41, 5.74) is 2.69. The number of aryl methyl sites for hydroxylation is 1. The molecule has 1 aliphatic heterocycles. The molecule has 0 aromatic heterocycles. The molecule has 1 heterocycles. The summed E-state index contributed by atoms with van der Waals surface area (Å²) in [5, 5.41) is 15.4. The molecular formula is C25H30N2O2. The lowest BCUT2D eigenvalue weighted by Crippen LogP contribution is -2.68. The van der Waals surface area contributed by atoms with E-state index in [0.717, 1.165) is 57.2 Å². The van der Waals surface area contributed by atoms with Crippen LogP contribution in [0.2, 0.25) is 0 Å². The van der Waals surface area contributed by atoms with E-state index in [1.54, 1.807) is 0 Å². The number of likely N-dealkylation sites (tertiary alicyclic amines) is 1. The Morgan fingerprint density at radius 3 is 2.66 bits per heavy atom. The molecule has 2 aromatic rings. The number of amides is 1. The molecule has 0 spiro atoms. The monoisotopic (exact) mass is 390 g/mol. The predicted octanol–water partition coefficient (Wildman–Crippen LogP) is 4.10. The standard InChI is InChI=1S/C25H30N2O2/c28-24(21-14-13-18-8-4-5-11-20(18)21)27-17-15-22(26-19-9-2-1-3-10-19)25(29)16-7-6-12-23(25)27/h1-5,8-11,21-23,26,29H,6-7,12-17H2/t21?,22?,23-,25-/m0/s1. The third-order valence-corrected chi connectivity index (χ3v) is 7.35. The van der Waals surface area contributed by atoms with Crippen molar-refractivity contribution in [2.24, 2.45) is 0 Å². The van der Waals surface area contributed by atoms with Gasteiger partial charge in [0.15, 0.2) is 0 Å². The van der Waals surface area contributed by atoms with Crippen molar-refractivity contribution in [1.29, 1.82) is 0 Å². The molecule has 1 saturated heterocycles. The van der Waals surface area contributed by atoms with Gasteiger partial charge in [-0.2, -0.15) is 0 Å². The van der Waals surface area contributed by atoms with Gasteiger partial charge in [0.2, 0.25) is 5.91 Å². The van der Waals surface area contributed by atoms with Gasteiger partial charge in [-0.15, -0.1) is 0 Å². The molecule has 1 saturated carbocycles. The highest BCUT2D eigenvalue weighted by Gasteiger charge is 2.53. The zero-order valence-corrected chi connectivity index (χ0v) is 16.9. The van der Waals surface area contributed by atoms with Gasteiger partial charge in [-0.3, -0.25) is 4.79 Å². The van der Waals surface area contributed by atoms with Crippen LogP contribution in [0.5, 0.6) is 0 Å². The molecule has 2 fully saturated rings. The van der Waals surface area contributed by atoms with Crippen LogP contribution >= 0.6 is 0 Å². The molecule has 0 radical (unpaired) electrons. The molecule has 1 amide bonds. The van der Waals surface area contributed by atoms with Crippen molar-refractivity contribution in [3.8, 4) is 0 Å². The van der Waals surface area contributed by atoms with Crippen molar-refractivity contribution in [3.63, 3.8) is 0 Å². The lowest BCUT2D eigenvalue weighted by Gasteiger charge is -2.54. The van der Waals surface area contributed by atoms with E-state index in [2.05, 4.69) is 23.5 Å². The molecule has 3 aliphatic rings. The number of carbonyl (C=O) groups excluding carboxylic acids is 1. The average Bonchev–Trinajstić information content (AvgIpc) is 3.19. The van der Waals surface area contributed by atoms with Gasteiger partial charge in [0.25, 0.3) is 0 Å². The molecule has 5 rings (SSSR count). The number of anilines is 1. The summed E-state index contributed by atoms with van der Waals surface area (Å²) in [6, 6.07) is 18.4. The predicted molar refractivity (Wildman–Crippen MR) is 115 cm³/mol. The van der Waals surface area contributed by atoms with Crippen molar-refractivity contribution in [1.82, 2.24) is 4.90 Å². The largest absolute Gasteiger partial charge is 0.386 e. The molecule has 4 nitrogen and oxygen atoms in total. The van der Waals surface area contributed by atoms with Crippen LogP contribution in [0.3, 0.4) is 0 Å². The summed E-state index contributed by atoms with van der Waals surface area (Å²) >= 11 is 0. The first-order valence-electron chi connectivity index (χ1n) is 11.1. The van der Waals surface area contributed by atoms with Crippen molar-refractivity contribution in [2.45, 2.75) is 68.5 Å². The first-order valence-corrected chi connectivity index (χ1v) is 11.1. The van der Waals surface area contributed by atoms with E-state index in [-0.39, 0.29) is 23.9 Å². The van der Waals surface area contributed by atoms with Gasteiger partial charge in [-0.1, -0.05) is 55.3 Å². The van der Waals surface area contributed by atoms with E-state index in [1.165, 1.54) is 11.1 Å². The van der Waals surface area contributed by atoms with Crippen LogP contribution in [0.25, 0.3) is 0 Å². The van der Waals surface area contributed by atoms with E-state index in [4.69, 9.17) is 0 Å². The maximum absolute atomic E-state index is 13.6. The summed E-state index contributed by atoms with van der Waals surface area (Å²) in [6.07, 6.45) is 6.40. The Balaban J connectivity index is 1.40. The van der Waals surface area contributed by atoms with Crippen molar-refractivity contribution >= 4 is 11.6 Å². The number of piperidine rings is 1. The average molecular weight is 391 g/mol. The topological polar surface area (TPSA) is 52.6 Å². The fourth-order valence-corrected chi connectivity index (χ4v) is 5.88. The normalized spacial score (nSPS) is 31.1. The quantitative estimate of drug-likeness (QED) is 0.830. The number of nitrogens with one attached hydrogen (secondary N) is 1. The van der Waals surface area contributed by atoms with Crippen LogP contribution in [-0.2, 0) is 11.2 Å². The van der Waals surface area contributed by atoms with Crippen LogP contribution in [0.4, 0.5) is 5.69 Å². The summed E-state index contributed by atoms with van der Waals surface area (Å²) in [5.74, 6) is 0.175. The molecule has 152 valence electrons. The van der Waals surface area contributed by atoms with E-state index < -0.39 is 5.60 Å². The van der Waals surface area contributed by atoms with E-state index in [9.17, 15) is 9.90 Å². The van der Waals surface area contributed by atoms with Crippen LogP contribution in [0, 0.1) is 0 Å². The van der Waals surface area contributed by atoms with Crippen molar-refractivity contribution in [2.75, 3.05) is 11.9 Å². The lowest BCUT2D eigenvalue weighted by atomic mass is 9.70. The van der Waals surface area contributed by atoms with Crippen LogP contribution in [0.1, 0.15) is 55.6 Å². The Morgan fingerprint density at radius 2 is 1.79 bits per heavy atom. The second kappa shape index (κ2) is 7.49. The summed E-state index contributed by atoms with van der Waals surface area (Å²) in [6.45, 7) is 0.717. The minimum Gasteiger partial charge on any atom is -0.386 e. The van der Waals surface area contributed by atoms with Gasteiger partial charge in [0, 0.05) is 12.2 Å². The third-order valence-electron chi connectivity index (χ3n) is 7.35. The summed E-state index contributed by atoms with van der Waals surface area (Å²) in [7, 11) is 0. The molecule has 2 unspecified atom stereocenters. The highest BCUT2D eigenvalue weighted by Crippen LogP contribution is 2.43. The fourth-order valence-electron chi connectivity index (χ4n) is 5.88. The van der Waals surface area contributed by atoms with E-state index in [1.807, 2.05) is 41.3 Å². The van der Waals surface area contributed by atoms with Gasteiger partial charge in [-0.25, -0.2) is 0 Å². The number of aliphatic hydroxyl groups is 1. The zero-order chi connectivity index (χ0) is 19.8. The number of hydrogen-bond donors (Lipinski definition) is 2. The Bertz CT molecular complexity index is 883. The second-order valence-electron chi connectivity index (χ2n) is 8.93. The number of nitrogens with zero attached hydrogens (tertiary/aromatic N) is 1. The minimum atomic E-state index is -0.861. The Kier molecular flexibility index (Phi) is 4.83. The third kappa shape index (κ3) is 3.24. The second-order valence-corrected chi connectivity index (χ2v) is 8.93. The van der Waals surface area contributed by atoms with Gasteiger partial charge >= 0.3 is 0 Å². The maximum Gasteiger partial charge on any atom is 0.230 e. The number of hydrogen-bond acceptors (Lipinski definition) is 3. The summed E-state index contributed by atoms with van der Waals surface area (Å²) in [4.78, 5) is 15.7. The fraction of sp³-hybridized carbons (Fsp3) is 0.480. The molecular weight excluding hydrogens is 360 g/mol. The van der Waals surface area contributed by atoms with Crippen LogP contribution in [-0.4, -0.2) is 40.1 Å². The summed E-state index contributed by atoms with van der Waals surface area (Å²) < 4.78 is 0. The molecule has 2 N–H and O–H groups in total. The Hall–Kier alpha value is -2.33. The number of rotatable bonds is 3. The Labute approximate surface area is 172 Å². The number of fused-ring (bicyclic) bond motifs is 2. The molecule has 4 atom stereocenters. The zero-order valence-electron chi connectivity index (χ0n) is 16.9. The highest BCUT2D eigenvalue weighted by molar-refractivity contribution is 5.85. The molecule has 29 heavy (non-hydrogen) atoms. The van der Waals surface area contributed by atoms with Crippen LogP contribution in [0.15, 0.2) is 54.6 Å². The van der Waals surface area contributed by atoms with Gasteiger partial charge in [0.05, 0.1) is 18.0 Å². The highest BCUT2D eigenvalue weighted by atomic mass is 16.3.